The van der Waals surface area contributed by atoms with Crippen LogP contribution < -0.4 is 9.61 Å². The van der Waals surface area contributed by atoms with E-state index in [1.54, 1.807) is 12.1 Å². The Morgan fingerprint density at radius 2 is 2.09 bits per heavy atom. The van der Waals surface area contributed by atoms with Gasteiger partial charge in [-0.1, -0.05) is 41.3 Å². The number of fused-ring (bicyclic) bond motifs is 5. The third kappa shape index (κ3) is 1.91. The van der Waals surface area contributed by atoms with Crippen LogP contribution in [-0.2, 0) is 9.59 Å². The summed E-state index contributed by atoms with van der Waals surface area (Å²) in [7, 11) is 0. The summed E-state index contributed by atoms with van der Waals surface area (Å²) >= 11 is 2.03. The van der Waals surface area contributed by atoms with Gasteiger partial charge in [0, 0.05) is 16.4 Å². The molecule has 4 rings (SSSR count). The number of carbonyl (C=O) groups is 2. The fraction of sp³-hybridized carbons (Fsp3) is 0.267. The van der Waals surface area contributed by atoms with Gasteiger partial charge in [0.15, 0.2) is 0 Å². The number of hydrogen-bond donors (Lipinski definition) is 2. The summed E-state index contributed by atoms with van der Waals surface area (Å²) in [5.41, 5.74) is 0.737. The number of aromatic amines is 1. The van der Waals surface area contributed by atoms with Crippen molar-refractivity contribution in [3.8, 4) is 5.75 Å². The monoisotopic (exact) mass is 349 g/mol. The molecule has 0 spiro atoms. The Morgan fingerprint density at radius 3 is 2.83 bits per heavy atom. The van der Waals surface area contributed by atoms with Gasteiger partial charge in [-0.05, 0) is 13.0 Å². The van der Waals surface area contributed by atoms with Gasteiger partial charge in [-0.3, -0.25) is 14.4 Å². The fourth-order valence-corrected chi connectivity index (χ4v) is 5.66. The van der Waals surface area contributed by atoms with Gasteiger partial charge < -0.3 is 14.8 Å². The van der Waals surface area contributed by atoms with Crippen molar-refractivity contribution in [2.75, 3.05) is 0 Å². The summed E-state index contributed by atoms with van der Waals surface area (Å²) in [4.78, 5) is 39.4. The van der Waals surface area contributed by atoms with E-state index >= 15 is 0 Å². The first kappa shape index (κ1) is 14.5. The van der Waals surface area contributed by atoms with Crippen molar-refractivity contribution in [1.82, 2.24) is 4.98 Å². The molecule has 118 valence electrons. The lowest BCUT2D eigenvalue weighted by Crippen LogP contribution is -2.52. The summed E-state index contributed by atoms with van der Waals surface area (Å²) in [5, 5.41) is 10.2. The van der Waals surface area contributed by atoms with Crippen LogP contribution in [0.1, 0.15) is 23.3 Å². The predicted molar refractivity (Wildman–Crippen MR) is 84.2 cm³/mol. The number of benzene rings is 1. The van der Waals surface area contributed by atoms with E-state index in [0.29, 0.717) is 15.7 Å². The van der Waals surface area contributed by atoms with Crippen LogP contribution in [0.25, 0.3) is 0 Å². The summed E-state index contributed by atoms with van der Waals surface area (Å²) in [6, 6.07) is 7.05. The van der Waals surface area contributed by atoms with Crippen molar-refractivity contribution < 1.29 is 19.4 Å². The van der Waals surface area contributed by atoms with Crippen LogP contribution in [0.5, 0.6) is 5.75 Å². The molecular formula is C15H11NO5S2. The minimum absolute atomic E-state index is 0.257. The first-order valence-corrected chi connectivity index (χ1v) is 8.51. The van der Waals surface area contributed by atoms with Crippen LogP contribution in [-0.4, -0.2) is 26.8 Å². The zero-order valence-electron chi connectivity index (χ0n) is 11.9. The van der Waals surface area contributed by atoms with Gasteiger partial charge in [-0.25, -0.2) is 0 Å². The van der Waals surface area contributed by atoms with Gasteiger partial charge in [0.25, 0.3) is 0 Å². The highest BCUT2D eigenvalue weighted by molar-refractivity contribution is 8.01. The van der Waals surface area contributed by atoms with E-state index in [9.17, 15) is 19.5 Å². The normalized spacial score (nSPS) is 28.3. The highest BCUT2D eigenvalue weighted by Crippen LogP contribution is 2.57. The maximum Gasteiger partial charge on any atom is 0.320 e. The Morgan fingerprint density at radius 1 is 1.35 bits per heavy atom. The number of carbonyl (C=O) groups excluding carboxylic acids is 1. The van der Waals surface area contributed by atoms with Crippen LogP contribution in [0, 0.1) is 5.92 Å². The number of H-pyrrole nitrogens is 1. The van der Waals surface area contributed by atoms with E-state index < -0.39 is 28.5 Å². The Kier molecular flexibility index (Phi) is 2.98. The Bertz CT molecular complexity index is 901. The van der Waals surface area contributed by atoms with E-state index in [1.165, 1.54) is 6.92 Å². The van der Waals surface area contributed by atoms with E-state index in [1.807, 2.05) is 12.1 Å². The lowest BCUT2D eigenvalue weighted by atomic mass is 9.75. The highest BCUT2D eigenvalue weighted by atomic mass is 32.2. The maximum absolute atomic E-state index is 12.5. The van der Waals surface area contributed by atoms with Crippen LogP contribution in [0.3, 0.4) is 0 Å². The van der Waals surface area contributed by atoms with Crippen molar-refractivity contribution in [3.05, 3.63) is 44.4 Å². The van der Waals surface area contributed by atoms with Crippen LogP contribution >= 0.6 is 23.1 Å². The molecule has 6 nitrogen and oxygen atoms in total. The van der Waals surface area contributed by atoms with Gasteiger partial charge in [0.2, 0.25) is 0 Å². The molecular weight excluding hydrogens is 338 g/mol. The Hall–Kier alpha value is -2.06. The molecule has 3 atom stereocenters. The van der Waals surface area contributed by atoms with E-state index in [4.69, 9.17) is 4.74 Å². The zero-order valence-corrected chi connectivity index (χ0v) is 13.5. The third-order valence-corrected chi connectivity index (χ3v) is 6.78. The lowest BCUT2D eigenvalue weighted by molar-refractivity contribution is -0.151. The molecule has 2 N–H and O–H groups in total. The second-order valence-electron chi connectivity index (χ2n) is 5.64. The molecule has 0 aliphatic carbocycles. The van der Waals surface area contributed by atoms with Crippen molar-refractivity contribution in [1.29, 1.82) is 0 Å². The quantitative estimate of drug-likeness (QED) is 0.604. The van der Waals surface area contributed by atoms with Crippen LogP contribution in [0.4, 0.5) is 0 Å². The highest BCUT2D eigenvalue weighted by Gasteiger charge is 2.58. The maximum atomic E-state index is 12.5. The third-order valence-electron chi connectivity index (χ3n) is 4.31. The molecule has 0 amide bonds. The number of esters is 1. The number of ether oxygens (including phenoxy) is 1. The number of aliphatic carboxylic acids is 1. The second-order valence-corrected chi connectivity index (χ2v) is 8.11. The molecule has 0 unspecified atom stereocenters. The predicted octanol–water partition coefficient (Wildman–Crippen LogP) is 2.05. The number of aromatic nitrogens is 1. The first-order valence-electron chi connectivity index (χ1n) is 6.88. The average Bonchev–Trinajstić information content (AvgIpc) is 2.86. The SMILES string of the molecule is C[C@]1(C(=O)O)Sc2[nH]c(=O)sc2[C@H]2c3ccccc3OC(=O)[C@H]21. The smallest absolute Gasteiger partial charge is 0.320 e. The average molecular weight is 349 g/mol. The van der Waals surface area contributed by atoms with Crippen LogP contribution in [0.2, 0.25) is 0 Å². The summed E-state index contributed by atoms with van der Waals surface area (Å²) < 4.78 is 3.96. The van der Waals surface area contributed by atoms with Crippen molar-refractivity contribution in [2.24, 2.45) is 5.92 Å². The Balaban J connectivity index is 2.03. The minimum atomic E-state index is -1.41. The van der Waals surface area contributed by atoms with Gasteiger partial charge in [0.1, 0.15) is 10.5 Å². The summed E-state index contributed by atoms with van der Waals surface area (Å²) in [6.45, 7) is 1.51. The molecule has 0 radical (unpaired) electrons. The molecule has 1 aromatic carbocycles. The van der Waals surface area contributed by atoms with Crippen LogP contribution in [0.15, 0.2) is 34.1 Å². The molecule has 0 saturated heterocycles. The number of rotatable bonds is 1. The van der Waals surface area contributed by atoms with E-state index in [-0.39, 0.29) is 4.87 Å². The second kappa shape index (κ2) is 4.72. The number of nitrogens with one attached hydrogen (secondary N) is 1. The number of carboxylic acid groups (broad SMARTS) is 1. The molecule has 0 saturated carbocycles. The van der Waals surface area contributed by atoms with Crippen molar-refractivity contribution in [2.45, 2.75) is 22.6 Å². The molecule has 23 heavy (non-hydrogen) atoms. The summed E-state index contributed by atoms with van der Waals surface area (Å²) in [5.74, 6) is -2.64. The fourth-order valence-electron chi connectivity index (χ4n) is 3.21. The number of hydrogen-bond acceptors (Lipinski definition) is 6. The van der Waals surface area contributed by atoms with E-state index in [0.717, 1.165) is 28.7 Å². The molecule has 8 heteroatoms. The largest absolute Gasteiger partial charge is 0.480 e. The number of thioether (sulfide) groups is 1. The molecule has 2 aliphatic rings. The summed E-state index contributed by atoms with van der Waals surface area (Å²) in [6.07, 6.45) is 0. The topological polar surface area (TPSA) is 96.5 Å². The number of para-hydroxylation sites is 1. The van der Waals surface area contributed by atoms with Crippen molar-refractivity contribution >= 4 is 35.0 Å². The minimum Gasteiger partial charge on any atom is -0.480 e. The van der Waals surface area contributed by atoms with Gasteiger partial charge in [-0.2, -0.15) is 0 Å². The Labute approximate surface area is 138 Å². The van der Waals surface area contributed by atoms with E-state index in [2.05, 4.69) is 4.98 Å². The first-order chi connectivity index (χ1) is 10.9. The van der Waals surface area contributed by atoms with Gasteiger partial charge >= 0.3 is 16.8 Å². The number of thiazole rings is 1. The molecule has 0 bridgehead atoms. The standard InChI is InChI=1S/C15H11NO5S2/c1-15(13(18)19)9-8(10-11(23-15)16-14(20)22-10)6-4-2-3-5-7(6)21-12(9)17/h2-5,8-9H,1H3,(H,16,20)(H,18,19)/t8-,9-,15-/m0/s1. The molecule has 3 heterocycles. The molecule has 1 aromatic heterocycles. The molecule has 2 aliphatic heterocycles. The molecule has 0 fully saturated rings. The number of carboxylic acids is 1. The van der Waals surface area contributed by atoms with Gasteiger partial charge in [-0.15, -0.1) is 0 Å². The molecule has 2 aromatic rings. The lowest BCUT2D eigenvalue weighted by Gasteiger charge is -2.42. The van der Waals surface area contributed by atoms with Crippen molar-refractivity contribution in [3.63, 3.8) is 0 Å². The zero-order chi connectivity index (χ0) is 16.4. The van der Waals surface area contributed by atoms with Gasteiger partial charge in [0.05, 0.1) is 10.9 Å².